The molecule has 1 amide bonds. The van der Waals surface area contributed by atoms with Crippen molar-refractivity contribution in [3.63, 3.8) is 0 Å². The van der Waals surface area contributed by atoms with Gasteiger partial charge >= 0.3 is 0 Å². The molecule has 0 radical (unpaired) electrons. The summed E-state index contributed by atoms with van der Waals surface area (Å²) in [7, 11) is -1.30. The summed E-state index contributed by atoms with van der Waals surface area (Å²) in [5, 5.41) is 12.7. The van der Waals surface area contributed by atoms with Gasteiger partial charge in [0.05, 0.1) is 11.5 Å². The highest BCUT2D eigenvalue weighted by Gasteiger charge is 2.32. The van der Waals surface area contributed by atoms with Gasteiger partial charge in [0.2, 0.25) is 10.9 Å². The molecule has 1 saturated heterocycles. The van der Waals surface area contributed by atoms with Crippen LogP contribution in [-0.4, -0.2) is 63.6 Å². The first kappa shape index (κ1) is 14.4. The number of amides is 1. The van der Waals surface area contributed by atoms with E-state index in [-0.39, 0.29) is 23.5 Å². The fourth-order valence-corrected chi connectivity index (χ4v) is 4.96. The lowest BCUT2D eigenvalue weighted by Gasteiger charge is -2.23. The number of sulfone groups is 1. The van der Waals surface area contributed by atoms with Gasteiger partial charge in [0, 0.05) is 25.9 Å². The molecule has 10 heteroatoms. The van der Waals surface area contributed by atoms with Crippen molar-refractivity contribution in [2.24, 2.45) is 0 Å². The lowest BCUT2D eigenvalue weighted by molar-refractivity contribution is -0.131. The van der Waals surface area contributed by atoms with Crippen LogP contribution >= 0.6 is 11.3 Å². The molecule has 1 fully saturated rings. The zero-order chi connectivity index (χ0) is 15.0. The zero-order valence-electron chi connectivity index (χ0n) is 11.5. The number of fused-ring (bicyclic) bond motifs is 1. The molecule has 1 atom stereocenters. The Morgan fingerprint density at radius 3 is 3.05 bits per heavy atom. The molecule has 0 bridgehead atoms. The molecule has 1 unspecified atom stereocenters. The summed E-state index contributed by atoms with van der Waals surface area (Å²) >= 11 is 1.40. The highest BCUT2D eigenvalue weighted by Crippen LogP contribution is 2.18. The Morgan fingerprint density at radius 1 is 1.57 bits per heavy atom. The van der Waals surface area contributed by atoms with Gasteiger partial charge in [-0.05, 0) is 6.42 Å². The number of aryl methyl sites for hydroxylation is 1. The van der Waals surface area contributed by atoms with Crippen molar-refractivity contribution in [3.05, 3.63) is 11.3 Å². The van der Waals surface area contributed by atoms with Crippen LogP contribution in [0.5, 0.6) is 0 Å². The van der Waals surface area contributed by atoms with Gasteiger partial charge in [-0.15, -0.1) is 10.2 Å². The highest BCUT2D eigenvalue weighted by molar-refractivity contribution is 7.91. The fraction of sp³-hybridized carbons (Fsp3) is 0.636. The number of carbonyl (C=O) groups excluding carboxylic acids is 1. The van der Waals surface area contributed by atoms with Crippen LogP contribution in [0.1, 0.15) is 17.8 Å². The third-order valence-corrected chi connectivity index (χ3v) is 6.35. The SMILES string of the molecule is CN(C(=O)CCc1nn2cnnc2s1)C1CCS(=O)(=O)C1. The van der Waals surface area contributed by atoms with Gasteiger partial charge in [0.1, 0.15) is 11.3 Å². The molecule has 1 aliphatic heterocycles. The molecule has 0 N–H and O–H groups in total. The Kier molecular flexibility index (Phi) is 3.66. The minimum Gasteiger partial charge on any atom is -0.342 e. The van der Waals surface area contributed by atoms with E-state index in [4.69, 9.17) is 0 Å². The minimum absolute atomic E-state index is 0.0527. The third kappa shape index (κ3) is 3.05. The van der Waals surface area contributed by atoms with Crippen LogP contribution in [0.25, 0.3) is 4.96 Å². The molecular weight excluding hydrogens is 314 g/mol. The van der Waals surface area contributed by atoms with Crippen molar-refractivity contribution in [3.8, 4) is 0 Å². The predicted molar refractivity (Wildman–Crippen MR) is 76.8 cm³/mol. The van der Waals surface area contributed by atoms with Crippen LogP contribution in [0.3, 0.4) is 0 Å². The lowest BCUT2D eigenvalue weighted by atomic mass is 10.2. The third-order valence-electron chi connectivity index (χ3n) is 3.63. The van der Waals surface area contributed by atoms with Gasteiger partial charge in [0.25, 0.3) is 0 Å². The molecule has 3 heterocycles. The van der Waals surface area contributed by atoms with Crippen LogP contribution in [0.15, 0.2) is 6.33 Å². The second-order valence-corrected chi connectivity index (χ2v) is 8.38. The molecule has 21 heavy (non-hydrogen) atoms. The van der Waals surface area contributed by atoms with E-state index in [1.54, 1.807) is 16.5 Å². The van der Waals surface area contributed by atoms with Gasteiger partial charge in [0.15, 0.2) is 9.84 Å². The summed E-state index contributed by atoms with van der Waals surface area (Å²) in [6.07, 6.45) is 2.89. The Labute approximate surface area is 125 Å². The van der Waals surface area contributed by atoms with E-state index in [1.807, 2.05) is 0 Å². The van der Waals surface area contributed by atoms with Crippen LogP contribution in [0, 0.1) is 0 Å². The molecule has 1 aliphatic rings. The van der Waals surface area contributed by atoms with E-state index in [9.17, 15) is 13.2 Å². The molecule has 0 saturated carbocycles. The van der Waals surface area contributed by atoms with Crippen LogP contribution in [-0.2, 0) is 21.1 Å². The number of rotatable bonds is 4. The Bertz CT molecular complexity index is 737. The maximum absolute atomic E-state index is 12.1. The molecule has 3 rings (SSSR count). The van der Waals surface area contributed by atoms with Gasteiger partial charge in [-0.1, -0.05) is 11.3 Å². The maximum Gasteiger partial charge on any atom is 0.234 e. The molecule has 2 aromatic rings. The number of carbonyl (C=O) groups is 1. The topological polar surface area (TPSA) is 97.5 Å². The van der Waals surface area contributed by atoms with Crippen molar-refractivity contribution in [2.45, 2.75) is 25.3 Å². The molecule has 0 spiro atoms. The molecule has 8 nitrogen and oxygen atoms in total. The van der Waals surface area contributed by atoms with E-state index < -0.39 is 9.84 Å². The summed E-state index contributed by atoms with van der Waals surface area (Å²) in [5.41, 5.74) is 0. The zero-order valence-corrected chi connectivity index (χ0v) is 13.1. The van der Waals surface area contributed by atoms with Gasteiger partial charge < -0.3 is 4.90 Å². The van der Waals surface area contributed by atoms with E-state index in [1.165, 1.54) is 17.7 Å². The maximum atomic E-state index is 12.1. The first-order valence-corrected chi connectivity index (χ1v) is 9.20. The van der Waals surface area contributed by atoms with Gasteiger partial charge in [-0.2, -0.15) is 9.61 Å². The predicted octanol–water partition coefficient (Wildman–Crippen LogP) is -0.236. The lowest BCUT2D eigenvalue weighted by Crippen LogP contribution is -2.37. The molecule has 114 valence electrons. The standard InChI is InChI=1S/C11H15N5O3S2/c1-15(8-4-5-21(18,19)6-8)10(17)3-2-9-14-16-7-12-13-11(16)20-9/h7-8H,2-6H2,1H3. The van der Waals surface area contributed by atoms with Crippen molar-refractivity contribution in [2.75, 3.05) is 18.6 Å². The summed E-state index contributed by atoms with van der Waals surface area (Å²) in [6, 6.07) is -0.194. The normalized spacial score (nSPS) is 20.9. The number of aromatic nitrogens is 4. The van der Waals surface area contributed by atoms with Crippen molar-refractivity contribution < 1.29 is 13.2 Å². The van der Waals surface area contributed by atoms with E-state index >= 15 is 0 Å². The number of nitrogens with zero attached hydrogens (tertiary/aromatic N) is 5. The smallest absolute Gasteiger partial charge is 0.234 e. The Balaban J connectivity index is 1.57. The minimum atomic E-state index is -2.97. The average Bonchev–Trinajstić information content (AvgIpc) is 3.08. The first-order valence-electron chi connectivity index (χ1n) is 6.56. The molecule has 2 aromatic heterocycles. The highest BCUT2D eigenvalue weighted by atomic mass is 32.2. The Morgan fingerprint density at radius 2 is 2.38 bits per heavy atom. The number of hydrogen-bond acceptors (Lipinski definition) is 7. The average molecular weight is 329 g/mol. The van der Waals surface area contributed by atoms with Gasteiger partial charge in [-0.25, -0.2) is 8.42 Å². The monoisotopic (exact) mass is 329 g/mol. The van der Waals surface area contributed by atoms with E-state index in [2.05, 4.69) is 15.3 Å². The van der Waals surface area contributed by atoms with Crippen LogP contribution in [0.2, 0.25) is 0 Å². The summed E-state index contributed by atoms with van der Waals surface area (Å²) in [5.74, 6) is 0.195. The largest absolute Gasteiger partial charge is 0.342 e. The van der Waals surface area contributed by atoms with Crippen LogP contribution in [0.4, 0.5) is 0 Å². The number of hydrogen-bond donors (Lipinski definition) is 0. The first-order chi connectivity index (χ1) is 9.94. The van der Waals surface area contributed by atoms with E-state index in [0.717, 1.165) is 5.01 Å². The summed E-state index contributed by atoms with van der Waals surface area (Å²) in [4.78, 5) is 14.4. The summed E-state index contributed by atoms with van der Waals surface area (Å²) in [6.45, 7) is 0. The van der Waals surface area contributed by atoms with Crippen molar-refractivity contribution in [1.82, 2.24) is 24.7 Å². The van der Waals surface area contributed by atoms with Crippen molar-refractivity contribution in [1.29, 1.82) is 0 Å². The fourth-order valence-electron chi connectivity index (χ4n) is 2.38. The quantitative estimate of drug-likeness (QED) is 0.768. The molecular formula is C11H15N5O3S2. The van der Waals surface area contributed by atoms with Crippen molar-refractivity contribution >= 4 is 32.0 Å². The summed E-state index contributed by atoms with van der Waals surface area (Å²) < 4.78 is 24.5. The molecule has 0 aliphatic carbocycles. The van der Waals surface area contributed by atoms with E-state index in [0.29, 0.717) is 24.2 Å². The second kappa shape index (κ2) is 5.34. The second-order valence-electron chi connectivity index (χ2n) is 5.12. The Hall–Kier alpha value is -1.55. The van der Waals surface area contributed by atoms with Gasteiger partial charge in [-0.3, -0.25) is 4.79 Å². The van der Waals surface area contributed by atoms with Crippen LogP contribution < -0.4 is 0 Å². The molecule has 0 aromatic carbocycles.